The van der Waals surface area contributed by atoms with Crippen molar-refractivity contribution in [3.8, 4) is 11.5 Å². The van der Waals surface area contributed by atoms with E-state index >= 15 is 0 Å². The normalized spacial score (nSPS) is 14.7. The Labute approximate surface area is 194 Å². The third-order valence-electron chi connectivity index (χ3n) is 5.60. The van der Waals surface area contributed by atoms with E-state index in [2.05, 4.69) is 20.3 Å². The van der Waals surface area contributed by atoms with E-state index in [4.69, 9.17) is 9.47 Å². The highest BCUT2D eigenvalue weighted by atomic mass is 19.4. The van der Waals surface area contributed by atoms with E-state index in [1.165, 1.54) is 19.2 Å². The maximum atomic E-state index is 14.7. The van der Waals surface area contributed by atoms with Crippen molar-refractivity contribution in [3.05, 3.63) is 53.1 Å². The zero-order chi connectivity index (χ0) is 24.5. The topological polar surface area (TPSA) is 68.6 Å². The maximum absolute atomic E-state index is 14.7. The van der Waals surface area contributed by atoms with Gasteiger partial charge in [0.2, 0.25) is 0 Å². The van der Waals surface area contributed by atoms with Gasteiger partial charge in [-0.15, -0.1) is 0 Å². The number of hydrogen-bond acceptors (Lipinski definition) is 6. The van der Waals surface area contributed by atoms with Crippen LogP contribution in [0.5, 0.6) is 11.5 Å². The van der Waals surface area contributed by atoms with Gasteiger partial charge in [-0.2, -0.15) is 13.2 Å². The first-order chi connectivity index (χ1) is 16.2. The Bertz CT molecular complexity index is 1240. The molecule has 34 heavy (non-hydrogen) atoms. The van der Waals surface area contributed by atoms with Crippen LogP contribution in [-0.4, -0.2) is 35.9 Å². The number of rotatable bonds is 7. The van der Waals surface area contributed by atoms with E-state index < -0.39 is 23.6 Å². The zero-order valence-corrected chi connectivity index (χ0v) is 19.0. The van der Waals surface area contributed by atoms with E-state index in [0.717, 1.165) is 31.2 Å². The number of anilines is 1. The summed E-state index contributed by atoms with van der Waals surface area (Å²) in [6.45, 7) is 4.37. The van der Waals surface area contributed by atoms with Gasteiger partial charge in [0, 0.05) is 29.3 Å². The highest BCUT2D eigenvalue weighted by molar-refractivity contribution is 5.92. The number of aryl methyl sites for hydroxylation is 1. The molecular weight excluding hydrogens is 452 g/mol. The Morgan fingerprint density at radius 3 is 2.62 bits per heavy atom. The van der Waals surface area contributed by atoms with E-state index in [9.17, 15) is 17.6 Å². The van der Waals surface area contributed by atoms with Crippen LogP contribution in [0.2, 0.25) is 0 Å². The van der Waals surface area contributed by atoms with Gasteiger partial charge in [-0.05, 0) is 38.8 Å². The molecular formula is C24H24F4N4O2. The Morgan fingerprint density at radius 1 is 1.15 bits per heavy atom. The number of nitrogens with one attached hydrogen (secondary N) is 1. The van der Waals surface area contributed by atoms with Gasteiger partial charge in [0.05, 0.1) is 24.2 Å². The third-order valence-corrected chi connectivity index (χ3v) is 5.60. The van der Waals surface area contributed by atoms with Gasteiger partial charge in [0.15, 0.2) is 11.5 Å². The van der Waals surface area contributed by atoms with E-state index in [-0.39, 0.29) is 5.56 Å². The molecule has 0 fully saturated rings. The fourth-order valence-corrected chi connectivity index (χ4v) is 3.90. The van der Waals surface area contributed by atoms with Crippen LogP contribution < -0.4 is 14.8 Å². The lowest BCUT2D eigenvalue weighted by molar-refractivity contribution is -0.140. The molecule has 0 saturated heterocycles. The molecule has 0 spiro atoms. The summed E-state index contributed by atoms with van der Waals surface area (Å²) in [7, 11) is 1.52. The van der Waals surface area contributed by atoms with Crippen LogP contribution in [0, 0.1) is 12.7 Å². The minimum atomic E-state index is -4.79. The minimum absolute atomic E-state index is 0.122. The predicted octanol–water partition coefficient (Wildman–Crippen LogP) is 5.89. The number of ether oxygens (including phenoxy) is 2. The molecule has 1 aliphatic rings. The molecule has 0 aliphatic carbocycles. The number of hydrogen-bond donors (Lipinski definition) is 1. The van der Waals surface area contributed by atoms with Crippen molar-refractivity contribution in [2.45, 2.75) is 38.9 Å². The van der Waals surface area contributed by atoms with E-state index in [1.54, 1.807) is 26.0 Å². The van der Waals surface area contributed by atoms with Gasteiger partial charge >= 0.3 is 6.18 Å². The molecule has 1 atom stereocenters. The maximum Gasteiger partial charge on any atom is 0.419 e. The summed E-state index contributed by atoms with van der Waals surface area (Å²) in [5.41, 5.74) is 0.0875. The monoisotopic (exact) mass is 476 g/mol. The quantitative estimate of drug-likeness (QED) is 0.431. The molecule has 2 heterocycles. The molecule has 4 rings (SSSR count). The number of halogens is 4. The van der Waals surface area contributed by atoms with Crippen LogP contribution in [0.4, 0.5) is 23.4 Å². The highest BCUT2D eigenvalue weighted by Crippen LogP contribution is 2.37. The second-order valence-electron chi connectivity index (χ2n) is 8.05. The molecule has 10 heteroatoms. The fraction of sp³-hybridized carbons (Fsp3) is 0.375. The molecule has 0 bridgehead atoms. The first-order valence-electron chi connectivity index (χ1n) is 10.8. The number of nitrogens with zero attached hydrogens (tertiary/aromatic N) is 3. The van der Waals surface area contributed by atoms with Gasteiger partial charge in [-0.25, -0.2) is 14.4 Å². The summed E-state index contributed by atoms with van der Waals surface area (Å²) >= 11 is 0. The SMILES string of the molecule is COc1cc2nc(C)nc(N[C@H](C)c3cccc(C(F)(F)F)c3F)c2cc1OCC1=NCCC1. The van der Waals surface area contributed by atoms with Crippen LogP contribution in [0.3, 0.4) is 0 Å². The van der Waals surface area contributed by atoms with Crippen LogP contribution in [0.15, 0.2) is 35.3 Å². The van der Waals surface area contributed by atoms with Crippen molar-refractivity contribution in [3.63, 3.8) is 0 Å². The Balaban J connectivity index is 1.70. The molecule has 1 aliphatic heterocycles. The van der Waals surface area contributed by atoms with Crippen molar-refractivity contribution in [2.24, 2.45) is 4.99 Å². The first-order valence-corrected chi connectivity index (χ1v) is 10.8. The second-order valence-corrected chi connectivity index (χ2v) is 8.05. The van der Waals surface area contributed by atoms with Crippen LogP contribution in [-0.2, 0) is 6.18 Å². The lowest BCUT2D eigenvalue weighted by atomic mass is 10.0. The number of alkyl halides is 3. The average Bonchev–Trinajstić information content (AvgIpc) is 3.30. The number of benzene rings is 2. The summed E-state index contributed by atoms with van der Waals surface area (Å²) in [6.07, 6.45) is -2.91. The standard InChI is InChI=1S/C24H24F4N4O2/c1-13(16-7-4-8-18(22(16)25)24(26,27)28)30-23-17-10-21(34-12-15-6-5-9-29-15)20(33-3)11-19(17)31-14(2)32-23/h4,7-8,10-11,13H,5-6,9,12H2,1-3H3,(H,30,31,32)/t13-/m1/s1. The molecule has 0 unspecified atom stereocenters. The summed E-state index contributed by atoms with van der Waals surface area (Å²) in [5.74, 6) is 0.401. The second kappa shape index (κ2) is 9.44. The predicted molar refractivity (Wildman–Crippen MR) is 121 cm³/mol. The summed E-state index contributed by atoms with van der Waals surface area (Å²) in [6, 6.07) is 5.83. The molecule has 1 aromatic heterocycles. The molecule has 1 N–H and O–H groups in total. The molecule has 3 aromatic rings. The fourth-order valence-electron chi connectivity index (χ4n) is 3.90. The summed E-state index contributed by atoms with van der Waals surface area (Å²) in [5, 5.41) is 3.61. The number of aromatic nitrogens is 2. The Kier molecular flexibility index (Phi) is 6.58. The third kappa shape index (κ3) is 4.90. The van der Waals surface area contributed by atoms with E-state index in [0.29, 0.717) is 40.7 Å². The number of fused-ring (bicyclic) bond motifs is 1. The molecule has 2 aromatic carbocycles. The highest BCUT2D eigenvalue weighted by Gasteiger charge is 2.35. The van der Waals surface area contributed by atoms with E-state index in [1.807, 2.05) is 0 Å². The van der Waals surface area contributed by atoms with Crippen LogP contribution in [0.25, 0.3) is 10.9 Å². The smallest absolute Gasteiger partial charge is 0.419 e. The summed E-state index contributed by atoms with van der Waals surface area (Å²) < 4.78 is 65.6. The van der Waals surface area contributed by atoms with Gasteiger partial charge in [0.25, 0.3) is 0 Å². The Hall–Kier alpha value is -3.43. The number of aliphatic imine (C=N–C) groups is 1. The molecule has 0 radical (unpaired) electrons. The zero-order valence-electron chi connectivity index (χ0n) is 19.0. The largest absolute Gasteiger partial charge is 0.493 e. The van der Waals surface area contributed by atoms with Gasteiger partial charge < -0.3 is 14.8 Å². The van der Waals surface area contributed by atoms with Crippen molar-refractivity contribution in [2.75, 3.05) is 25.6 Å². The average molecular weight is 476 g/mol. The summed E-state index contributed by atoms with van der Waals surface area (Å²) in [4.78, 5) is 13.3. The van der Waals surface area contributed by atoms with Gasteiger partial charge in [0.1, 0.15) is 24.1 Å². The molecule has 6 nitrogen and oxygen atoms in total. The lowest BCUT2D eigenvalue weighted by Gasteiger charge is -2.20. The van der Waals surface area contributed by atoms with Crippen molar-refractivity contribution < 1.29 is 27.0 Å². The van der Waals surface area contributed by atoms with Crippen molar-refractivity contribution in [1.29, 1.82) is 0 Å². The van der Waals surface area contributed by atoms with Crippen molar-refractivity contribution in [1.82, 2.24) is 9.97 Å². The van der Waals surface area contributed by atoms with Gasteiger partial charge in [-0.1, -0.05) is 12.1 Å². The van der Waals surface area contributed by atoms with Gasteiger partial charge in [-0.3, -0.25) is 4.99 Å². The Morgan fingerprint density at radius 2 is 1.94 bits per heavy atom. The first kappa shape index (κ1) is 23.7. The van der Waals surface area contributed by atoms with Crippen LogP contribution in [0.1, 0.15) is 42.8 Å². The molecule has 180 valence electrons. The number of methoxy groups -OCH3 is 1. The lowest BCUT2D eigenvalue weighted by Crippen LogP contribution is -2.15. The minimum Gasteiger partial charge on any atom is -0.493 e. The molecule has 0 saturated carbocycles. The van der Waals surface area contributed by atoms with Crippen molar-refractivity contribution >= 4 is 22.4 Å². The molecule has 0 amide bonds. The van der Waals surface area contributed by atoms with Crippen LogP contribution >= 0.6 is 0 Å².